The molecule has 0 amide bonds. The summed E-state index contributed by atoms with van der Waals surface area (Å²) in [5.74, 6) is 0. The van der Waals surface area contributed by atoms with Gasteiger partial charge < -0.3 is 0 Å². The van der Waals surface area contributed by atoms with Gasteiger partial charge in [0.1, 0.15) is 6.33 Å². The predicted molar refractivity (Wildman–Crippen MR) is 53.2 cm³/mol. The van der Waals surface area contributed by atoms with Crippen LogP contribution in [-0.4, -0.2) is 24.2 Å². The fraction of sp³-hybridized carbons (Fsp3) is 0.125. The Labute approximate surface area is 85.7 Å². The first-order valence-corrected chi connectivity index (χ1v) is 5.57. The zero-order valence-corrected chi connectivity index (χ0v) is 8.41. The van der Waals surface area contributed by atoms with E-state index in [4.69, 9.17) is 0 Å². The second-order valence-corrected chi connectivity index (χ2v) is 4.44. The van der Waals surface area contributed by atoms with Gasteiger partial charge in [0.05, 0.1) is 11.0 Å². The molecule has 1 aromatic carbocycles. The summed E-state index contributed by atoms with van der Waals surface area (Å²) in [6, 6.07) is 6.71. The number of hydrogen-bond donors (Lipinski definition) is 1. The lowest BCUT2D eigenvalue weighted by Gasteiger charge is -2.04. The Morgan fingerprint density at radius 1 is 1.40 bits per heavy atom. The van der Waals surface area contributed by atoms with Gasteiger partial charge in [-0.25, -0.2) is 13.3 Å². The second kappa shape index (κ2) is 3.59. The molecule has 7 heteroatoms. The van der Waals surface area contributed by atoms with Crippen molar-refractivity contribution in [2.24, 2.45) is 0 Å². The van der Waals surface area contributed by atoms with Gasteiger partial charge in [0.15, 0.2) is 6.80 Å². The first-order valence-electron chi connectivity index (χ1n) is 4.13. The van der Waals surface area contributed by atoms with Gasteiger partial charge in [-0.2, -0.15) is 13.1 Å². The molecule has 0 bridgehead atoms. The van der Waals surface area contributed by atoms with E-state index in [0.717, 1.165) is 10.3 Å². The van der Waals surface area contributed by atoms with Gasteiger partial charge in [0.2, 0.25) is 0 Å². The molecule has 0 unspecified atom stereocenters. The van der Waals surface area contributed by atoms with Crippen molar-refractivity contribution in [1.82, 2.24) is 13.7 Å². The summed E-state index contributed by atoms with van der Waals surface area (Å²) >= 11 is 0. The van der Waals surface area contributed by atoms with Crippen molar-refractivity contribution in [2.75, 3.05) is 6.80 Å². The molecular formula is C8H8FN3O2S. The molecule has 0 aliphatic carbocycles. The topological polar surface area (TPSA) is 64.0 Å². The first-order chi connectivity index (χ1) is 7.15. The second-order valence-electron chi connectivity index (χ2n) is 2.81. The summed E-state index contributed by atoms with van der Waals surface area (Å²) in [5, 5.41) is 0. The van der Waals surface area contributed by atoms with Gasteiger partial charge in [0.25, 0.3) is 0 Å². The van der Waals surface area contributed by atoms with Gasteiger partial charge >= 0.3 is 10.2 Å². The Kier molecular flexibility index (Phi) is 2.41. The summed E-state index contributed by atoms with van der Waals surface area (Å²) in [6.07, 6.45) is 1.14. The smallest absolute Gasteiger partial charge is 0.236 e. The molecule has 1 N–H and O–H groups in total. The number of rotatable bonds is 3. The number of imidazole rings is 1. The first kappa shape index (κ1) is 10.1. The third-order valence-corrected chi connectivity index (χ3v) is 3.20. The van der Waals surface area contributed by atoms with E-state index in [9.17, 15) is 12.8 Å². The van der Waals surface area contributed by atoms with Gasteiger partial charge in [0, 0.05) is 0 Å². The van der Waals surface area contributed by atoms with E-state index in [1.54, 1.807) is 29.0 Å². The molecule has 15 heavy (non-hydrogen) atoms. The Morgan fingerprint density at radius 3 is 2.87 bits per heavy atom. The molecule has 0 spiro atoms. The molecular weight excluding hydrogens is 221 g/mol. The van der Waals surface area contributed by atoms with E-state index < -0.39 is 17.0 Å². The van der Waals surface area contributed by atoms with Crippen molar-refractivity contribution in [3.8, 4) is 0 Å². The summed E-state index contributed by atoms with van der Waals surface area (Å²) in [7, 11) is -3.86. The lowest BCUT2D eigenvalue weighted by molar-refractivity contribution is 0.466. The SMILES string of the molecule is O=S(=O)(NCF)n1cnc2ccccc21. The fourth-order valence-corrected chi connectivity index (χ4v) is 2.13. The summed E-state index contributed by atoms with van der Waals surface area (Å²) in [4.78, 5) is 3.89. The third-order valence-electron chi connectivity index (χ3n) is 1.92. The Balaban J connectivity index is 2.63. The summed E-state index contributed by atoms with van der Waals surface area (Å²) in [6.45, 7) is -1.14. The molecule has 1 aromatic heterocycles. The van der Waals surface area contributed by atoms with Crippen LogP contribution in [0.5, 0.6) is 0 Å². The average molecular weight is 229 g/mol. The number of hydrogen-bond acceptors (Lipinski definition) is 3. The number of fused-ring (bicyclic) bond motifs is 1. The Morgan fingerprint density at radius 2 is 2.13 bits per heavy atom. The number of aromatic nitrogens is 2. The van der Waals surface area contributed by atoms with E-state index in [0.29, 0.717) is 11.0 Å². The summed E-state index contributed by atoms with van der Waals surface area (Å²) in [5.41, 5.74) is 0.959. The monoisotopic (exact) mass is 229 g/mol. The highest BCUT2D eigenvalue weighted by molar-refractivity contribution is 7.88. The van der Waals surface area contributed by atoms with E-state index in [1.165, 1.54) is 0 Å². The number of nitrogens with zero attached hydrogens (tertiary/aromatic N) is 2. The van der Waals surface area contributed by atoms with Crippen molar-refractivity contribution < 1.29 is 12.8 Å². The van der Waals surface area contributed by atoms with Crippen LogP contribution in [0.2, 0.25) is 0 Å². The van der Waals surface area contributed by atoms with Crippen molar-refractivity contribution in [2.45, 2.75) is 0 Å². The minimum atomic E-state index is -3.86. The highest BCUT2D eigenvalue weighted by Crippen LogP contribution is 2.13. The normalized spacial score (nSPS) is 12.1. The molecule has 0 aliphatic heterocycles. The molecule has 1 heterocycles. The van der Waals surface area contributed by atoms with E-state index in [-0.39, 0.29) is 0 Å². The average Bonchev–Trinajstić information content (AvgIpc) is 2.61. The van der Waals surface area contributed by atoms with Crippen LogP contribution in [0.1, 0.15) is 0 Å². The molecule has 0 saturated carbocycles. The van der Waals surface area contributed by atoms with Crippen LogP contribution in [0, 0.1) is 0 Å². The molecule has 0 radical (unpaired) electrons. The Hall–Kier alpha value is -1.47. The largest absolute Gasteiger partial charge is 0.308 e. The number of alkyl halides is 1. The number of nitrogens with one attached hydrogen (secondary N) is 1. The van der Waals surface area contributed by atoms with Crippen LogP contribution >= 0.6 is 0 Å². The van der Waals surface area contributed by atoms with Crippen molar-refractivity contribution >= 4 is 21.2 Å². The maximum absolute atomic E-state index is 12.0. The lowest BCUT2D eigenvalue weighted by atomic mass is 10.3. The molecule has 0 atom stereocenters. The van der Waals surface area contributed by atoms with E-state index in [2.05, 4.69) is 4.98 Å². The van der Waals surface area contributed by atoms with Crippen LogP contribution in [-0.2, 0) is 10.2 Å². The molecule has 0 aliphatic rings. The standard InChI is InChI=1S/C8H8FN3O2S/c9-5-11-15(13,14)12-6-10-7-3-1-2-4-8(7)12/h1-4,6,11H,5H2. The minimum absolute atomic E-state index is 0.415. The van der Waals surface area contributed by atoms with Crippen LogP contribution in [0.15, 0.2) is 30.6 Å². The maximum Gasteiger partial charge on any atom is 0.308 e. The van der Waals surface area contributed by atoms with E-state index >= 15 is 0 Å². The molecule has 5 nitrogen and oxygen atoms in total. The van der Waals surface area contributed by atoms with Crippen LogP contribution in [0.4, 0.5) is 4.39 Å². The van der Waals surface area contributed by atoms with Crippen LogP contribution in [0.25, 0.3) is 11.0 Å². The van der Waals surface area contributed by atoms with Crippen molar-refractivity contribution in [1.29, 1.82) is 0 Å². The summed E-state index contributed by atoms with van der Waals surface area (Å²) < 4.78 is 37.6. The third kappa shape index (κ3) is 1.71. The molecule has 2 aromatic rings. The molecule has 2 rings (SSSR count). The van der Waals surface area contributed by atoms with Gasteiger partial charge in [-0.1, -0.05) is 12.1 Å². The van der Waals surface area contributed by atoms with Gasteiger partial charge in [-0.15, -0.1) is 0 Å². The molecule has 80 valence electrons. The quantitative estimate of drug-likeness (QED) is 0.786. The Bertz CT molecular complexity index is 578. The zero-order chi connectivity index (χ0) is 10.9. The van der Waals surface area contributed by atoms with Crippen molar-refractivity contribution in [3.05, 3.63) is 30.6 Å². The number of halogens is 1. The fourth-order valence-electron chi connectivity index (χ4n) is 1.27. The van der Waals surface area contributed by atoms with Crippen LogP contribution in [0.3, 0.4) is 0 Å². The number of para-hydroxylation sites is 2. The van der Waals surface area contributed by atoms with Crippen molar-refractivity contribution in [3.63, 3.8) is 0 Å². The lowest BCUT2D eigenvalue weighted by Crippen LogP contribution is -2.28. The highest BCUT2D eigenvalue weighted by atomic mass is 32.2. The number of benzene rings is 1. The zero-order valence-electron chi connectivity index (χ0n) is 7.59. The minimum Gasteiger partial charge on any atom is -0.236 e. The molecule has 0 fully saturated rings. The van der Waals surface area contributed by atoms with Crippen LogP contribution < -0.4 is 4.72 Å². The van der Waals surface area contributed by atoms with E-state index in [1.807, 2.05) is 0 Å². The highest BCUT2D eigenvalue weighted by Gasteiger charge is 2.14. The predicted octanol–water partition coefficient (Wildman–Crippen LogP) is 0.646. The maximum atomic E-state index is 12.0. The molecule has 0 saturated heterocycles. The van der Waals surface area contributed by atoms with Gasteiger partial charge in [-0.05, 0) is 12.1 Å². The van der Waals surface area contributed by atoms with Gasteiger partial charge in [-0.3, -0.25) is 0 Å².